The Kier molecular flexibility index (Phi) is 12.1. The van der Waals surface area contributed by atoms with Gasteiger partial charge in [0.2, 0.25) is 0 Å². The van der Waals surface area contributed by atoms with Crippen molar-refractivity contribution >= 4 is 11.9 Å². The van der Waals surface area contributed by atoms with Gasteiger partial charge in [-0.2, -0.15) is 0 Å². The minimum absolute atomic E-state index is 0.191. The largest absolute Gasteiger partial charge is 0.481 e. The molecule has 0 saturated heterocycles. The van der Waals surface area contributed by atoms with Gasteiger partial charge in [0.25, 0.3) is 0 Å². The van der Waals surface area contributed by atoms with Gasteiger partial charge in [0.15, 0.2) is 0 Å². The zero-order valence-electron chi connectivity index (χ0n) is 8.08. The molecular formula is C8H17NO4. The molecule has 0 aromatic rings. The second kappa shape index (κ2) is 10.9. The van der Waals surface area contributed by atoms with Gasteiger partial charge in [0.05, 0.1) is 6.61 Å². The molecule has 0 amide bonds. The lowest BCUT2D eigenvalue weighted by Gasteiger charge is -1.89. The summed E-state index contributed by atoms with van der Waals surface area (Å²) in [4.78, 5) is 19.5. The maximum Gasteiger partial charge on any atom is 0.303 e. The van der Waals surface area contributed by atoms with Crippen LogP contribution < -0.4 is 5.73 Å². The number of carbonyl (C=O) groups excluding carboxylic acids is 1. The number of ether oxygens (including phenoxy) is 1. The van der Waals surface area contributed by atoms with E-state index in [4.69, 9.17) is 10.8 Å². The molecule has 0 aliphatic carbocycles. The van der Waals surface area contributed by atoms with Gasteiger partial charge in [-0.15, -0.1) is 0 Å². The van der Waals surface area contributed by atoms with E-state index in [1.807, 2.05) is 0 Å². The summed E-state index contributed by atoms with van der Waals surface area (Å²) in [6, 6.07) is 0. The monoisotopic (exact) mass is 191 g/mol. The maximum atomic E-state index is 9.82. The van der Waals surface area contributed by atoms with E-state index in [2.05, 4.69) is 4.74 Å². The number of hydrogen-bond donors (Lipinski definition) is 2. The third kappa shape index (κ3) is 24.8. The van der Waals surface area contributed by atoms with Gasteiger partial charge in [-0.1, -0.05) is 0 Å². The van der Waals surface area contributed by atoms with Crippen LogP contribution in [0.3, 0.4) is 0 Å². The van der Waals surface area contributed by atoms with Gasteiger partial charge < -0.3 is 15.6 Å². The Labute approximate surface area is 77.9 Å². The first-order chi connectivity index (χ1) is 6.04. The fraction of sp³-hybridized carbons (Fsp3) is 0.750. The van der Waals surface area contributed by atoms with Gasteiger partial charge in [0, 0.05) is 13.3 Å². The van der Waals surface area contributed by atoms with E-state index in [-0.39, 0.29) is 12.4 Å². The molecule has 0 rings (SSSR count). The van der Waals surface area contributed by atoms with Crippen molar-refractivity contribution < 1.29 is 19.4 Å². The predicted molar refractivity (Wildman–Crippen MR) is 48.2 cm³/mol. The molecule has 13 heavy (non-hydrogen) atoms. The summed E-state index contributed by atoms with van der Waals surface area (Å²) in [7, 11) is 0. The van der Waals surface area contributed by atoms with Gasteiger partial charge >= 0.3 is 11.9 Å². The molecule has 0 unspecified atom stereocenters. The summed E-state index contributed by atoms with van der Waals surface area (Å²) in [5.74, 6) is -0.983. The van der Waals surface area contributed by atoms with Crippen molar-refractivity contribution in [2.75, 3.05) is 13.2 Å². The Morgan fingerprint density at radius 2 is 2.00 bits per heavy atom. The van der Waals surface area contributed by atoms with Gasteiger partial charge in [0.1, 0.15) is 0 Å². The Bertz CT molecular complexity index is 147. The van der Waals surface area contributed by atoms with E-state index in [0.29, 0.717) is 19.6 Å². The molecule has 0 spiro atoms. The summed E-state index contributed by atoms with van der Waals surface area (Å²) < 4.78 is 4.40. The van der Waals surface area contributed by atoms with Crippen LogP contribution in [0.1, 0.15) is 26.7 Å². The van der Waals surface area contributed by atoms with Crippen LogP contribution in [-0.4, -0.2) is 30.2 Å². The Balaban J connectivity index is 0. The van der Waals surface area contributed by atoms with Crippen molar-refractivity contribution in [3.8, 4) is 0 Å². The van der Waals surface area contributed by atoms with Crippen LogP contribution in [0.4, 0.5) is 0 Å². The van der Waals surface area contributed by atoms with Crippen LogP contribution in [0.5, 0.6) is 0 Å². The fourth-order valence-corrected chi connectivity index (χ4v) is 0.457. The third-order valence-electron chi connectivity index (χ3n) is 0.942. The van der Waals surface area contributed by atoms with E-state index in [1.165, 1.54) is 6.92 Å². The lowest BCUT2D eigenvalue weighted by molar-refractivity contribution is -0.140. The van der Waals surface area contributed by atoms with Crippen molar-refractivity contribution in [2.45, 2.75) is 26.7 Å². The molecule has 0 bridgehead atoms. The molecule has 0 fully saturated rings. The Hall–Kier alpha value is -1.10. The first kappa shape index (κ1) is 14.4. The molecule has 0 atom stereocenters. The highest BCUT2D eigenvalue weighted by molar-refractivity contribution is 5.66. The second-order valence-electron chi connectivity index (χ2n) is 2.21. The smallest absolute Gasteiger partial charge is 0.303 e. The molecule has 0 saturated carbocycles. The second-order valence-corrected chi connectivity index (χ2v) is 2.21. The summed E-state index contributed by atoms with van der Waals surface area (Å²) in [6.45, 7) is 4.12. The minimum Gasteiger partial charge on any atom is -0.481 e. The van der Waals surface area contributed by atoms with Crippen LogP contribution in [0.15, 0.2) is 0 Å². The maximum absolute atomic E-state index is 9.82. The average molecular weight is 191 g/mol. The first-order valence-electron chi connectivity index (χ1n) is 4.09. The lowest BCUT2D eigenvalue weighted by atomic mass is 10.3. The summed E-state index contributed by atoms with van der Waals surface area (Å²) >= 11 is 0. The minimum atomic E-state index is -0.773. The van der Waals surface area contributed by atoms with Gasteiger partial charge in [-0.25, -0.2) is 0 Å². The molecule has 5 nitrogen and oxygen atoms in total. The van der Waals surface area contributed by atoms with Gasteiger partial charge in [-0.3, -0.25) is 9.59 Å². The number of carboxylic acid groups (broad SMARTS) is 1. The number of carboxylic acids is 1. The molecule has 0 aromatic heterocycles. The van der Waals surface area contributed by atoms with Crippen molar-refractivity contribution in [1.82, 2.24) is 0 Å². The topological polar surface area (TPSA) is 89.6 Å². The molecular weight excluding hydrogens is 174 g/mol. The van der Waals surface area contributed by atoms with Gasteiger partial charge in [-0.05, 0) is 19.9 Å². The molecule has 0 aliphatic heterocycles. The number of esters is 1. The molecule has 0 radical (unpaired) electrons. The van der Waals surface area contributed by atoms with Crippen molar-refractivity contribution in [2.24, 2.45) is 5.73 Å². The van der Waals surface area contributed by atoms with Crippen LogP contribution in [0.2, 0.25) is 0 Å². The number of carbonyl (C=O) groups is 2. The normalized spacial score (nSPS) is 8.23. The summed E-state index contributed by atoms with van der Waals surface area (Å²) in [5.41, 5.74) is 5.01. The molecule has 78 valence electrons. The summed E-state index contributed by atoms with van der Waals surface area (Å²) in [5, 5.41) is 7.99. The van der Waals surface area contributed by atoms with Crippen molar-refractivity contribution in [1.29, 1.82) is 0 Å². The molecule has 3 N–H and O–H groups in total. The van der Waals surface area contributed by atoms with E-state index in [1.54, 1.807) is 6.92 Å². The van der Waals surface area contributed by atoms with Crippen molar-refractivity contribution in [3.05, 3.63) is 0 Å². The molecule has 0 aromatic carbocycles. The van der Waals surface area contributed by atoms with Crippen LogP contribution in [0.25, 0.3) is 0 Å². The van der Waals surface area contributed by atoms with Crippen LogP contribution in [0, 0.1) is 0 Å². The Morgan fingerprint density at radius 3 is 2.08 bits per heavy atom. The lowest BCUT2D eigenvalue weighted by Crippen LogP contribution is -2.02. The molecule has 0 aliphatic rings. The number of rotatable bonds is 4. The molecule has 0 heterocycles. The third-order valence-corrected chi connectivity index (χ3v) is 0.942. The zero-order valence-corrected chi connectivity index (χ0v) is 8.08. The quantitative estimate of drug-likeness (QED) is 0.627. The zero-order chi connectivity index (χ0) is 10.7. The van der Waals surface area contributed by atoms with E-state index in [0.717, 1.165) is 0 Å². The van der Waals surface area contributed by atoms with Crippen LogP contribution in [-0.2, 0) is 14.3 Å². The van der Waals surface area contributed by atoms with E-state index in [9.17, 15) is 9.59 Å². The molecule has 5 heteroatoms. The SMILES string of the molecule is CCOC(C)=O.NCCCC(=O)O. The Morgan fingerprint density at radius 1 is 1.46 bits per heavy atom. The highest BCUT2D eigenvalue weighted by atomic mass is 16.5. The predicted octanol–water partition coefficient (Wildman–Crippen LogP) is 0.379. The number of hydrogen-bond acceptors (Lipinski definition) is 4. The van der Waals surface area contributed by atoms with E-state index < -0.39 is 5.97 Å². The average Bonchev–Trinajstić information content (AvgIpc) is 2.01. The highest BCUT2D eigenvalue weighted by Crippen LogP contribution is 1.82. The summed E-state index contributed by atoms with van der Waals surface area (Å²) in [6.07, 6.45) is 0.770. The van der Waals surface area contributed by atoms with E-state index >= 15 is 0 Å². The van der Waals surface area contributed by atoms with Crippen LogP contribution >= 0.6 is 0 Å². The van der Waals surface area contributed by atoms with Crippen molar-refractivity contribution in [3.63, 3.8) is 0 Å². The fourth-order valence-electron chi connectivity index (χ4n) is 0.457. The number of aliphatic carboxylic acids is 1. The standard InChI is InChI=1S/C4H9NO2.C4H8O2/c5-3-1-2-4(6)7;1-3-6-4(2)5/h1-3,5H2,(H,6,7);3H2,1-2H3. The first-order valence-corrected chi connectivity index (χ1v) is 4.09. The number of nitrogens with two attached hydrogens (primary N) is 1. The highest BCUT2D eigenvalue weighted by Gasteiger charge is 1.91.